The van der Waals surface area contributed by atoms with Crippen LogP contribution in [0.15, 0.2) is 53.6 Å². The lowest BCUT2D eigenvalue weighted by atomic mass is 10.1. The monoisotopic (exact) mass is 302 g/mol. The van der Waals surface area contributed by atoms with E-state index in [-0.39, 0.29) is 11.4 Å². The second-order valence-electron chi connectivity index (χ2n) is 4.40. The Morgan fingerprint density at radius 2 is 1.95 bits per heavy atom. The molecule has 0 atom stereocenters. The van der Waals surface area contributed by atoms with Crippen LogP contribution in [0.2, 0.25) is 0 Å². The number of aromatic nitrogens is 2. The van der Waals surface area contributed by atoms with Crippen LogP contribution in [0.3, 0.4) is 0 Å². The van der Waals surface area contributed by atoms with Crippen LogP contribution in [0.1, 0.15) is 10.4 Å². The summed E-state index contributed by atoms with van der Waals surface area (Å²) < 4.78 is 14.5. The Hall–Kier alpha value is -2.53. The Morgan fingerprint density at radius 3 is 2.67 bits per heavy atom. The Bertz CT molecular complexity index is 921. The average molecular weight is 303 g/mol. The Kier molecular flexibility index (Phi) is 3.27. The highest BCUT2D eigenvalue weighted by molar-refractivity contribution is 6.67. The predicted octanol–water partition coefficient (Wildman–Crippen LogP) is 2.88. The maximum atomic E-state index is 13.2. The maximum absolute atomic E-state index is 13.2. The van der Waals surface area contributed by atoms with Gasteiger partial charge in [0, 0.05) is 12.4 Å². The van der Waals surface area contributed by atoms with Gasteiger partial charge in [-0.05, 0) is 47.0 Å². The predicted molar refractivity (Wildman–Crippen MR) is 77.0 cm³/mol. The number of rotatable bonds is 2. The van der Waals surface area contributed by atoms with Gasteiger partial charge in [0.2, 0.25) is 0 Å². The molecule has 0 amide bonds. The summed E-state index contributed by atoms with van der Waals surface area (Å²) in [4.78, 5) is 27.2. The van der Waals surface area contributed by atoms with Crippen LogP contribution in [0.5, 0.6) is 0 Å². The number of carbonyl (C=O) groups excluding carboxylic acids is 1. The molecule has 0 bridgehead atoms. The summed E-state index contributed by atoms with van der Waals surface area (Å²) in [7, 11) is 0. The minimum atomic E-state index is -0.851. The first-order valence-corrected chi connectivity index (χ1v) is 6.41. The number of carbonyl (C=O) groups is 1. The van der Waals surface area contributed by atoms with Gasteiger partial charge in [0.05, 0.1) is 0 Å². The number of benzene rings is 1. The molecule has 3 aromatic rings. The summed E-state index contributed by atoms with van der Waals surface area (Å²) in [5.74, 6) is -0.346. The highest BCUT2D eigenvalue weighted by atomic mass is 35.5. The average Bonchev–Trinajstić information content (AvgIpc) is 2.47. The molecule has 0 aliphatic rings. The lowest BCUT2D eigenvalue weighted by Crippen LogP contribution is -2.20. The van der Waals surface area contributed by atoms with Gasteiger partial charge in [-0.15, -0.1) is 0 Å². The Morgan fingerprint density at radius 1 is 1.19 bits per heavy atom. The molecule has 1 aromatic carbocycles. The zero-order valence-corrected chi connectivity index (χ0v) is 11.3. The number of nitrogens with zero attached hydrogens (tertiary/aromatic N) is 2. The van der Waals surface area contributed by atoms with Crippen LogP contribution in [0.4, 0.5) is 4.39 Å². The van der Waals surface area contributed by atoms with Crippen LogP contribution in [-0.2, 0) is 0 Å². The fraction of sp³-hybridized carbons (Fsp3) is 0. The van der Waals surface area contributed by atoms with Crippen molar-refractivity contribution in [3.05, 3.63) is 70.5 Å². The van der Waals surface area contributed by atoms with E-state index in [0.29, 0.717) is 16.8 Å². The summed E-state index contributed by atoms with van der Waals surface area (Å²) >= 11 is 5.32. The minimum Gasteiger partial charge on any atom is -0.275 e. The Labute approximate surface area is 123 Å². The maximum Gasteiger partial charge on any atom is 0.270 e. The first-order chi connectivity index (χ1) is 10.1. The molecule has 0 aliphatic heterocycles. The molecule has 2 heterocycles. The smallest absolute Gasteiger partial charge is 0.270 e. The van der Waals surface area contributed by atoms with Crippen LogP contribution in [0, 0.1) is 5.82 Å². The fourth-order valence-electron chi connectivity index (χ4n) is 2.06. The molecule has 2 aromatic heterocycles. The molecule has 21 heavy (non-hydrogen) atoms. The van der Waals surface area contributed by atoms with E-state index in [1.165, 1.54) is 22.7 Å². The normalized spacial score (nSPS) is 10.8. The summed E-state index contributed by atoms with van der Waals surface area (Å²) in [6, 6.07) is 9.38. The van der Waals surface area contributed by atoms with E-state index in [0.717, 1.165) is 6.20 Å². The molecule has 0 saturated carbocycles. The third-order valence-corrected chi connectivity index (χ3v) is 3.28. The van der Waals surface area contributed by atoms with E-state index < -0.39 is 10.8 Å². The van der Waals surface area contributed by atoms with Gasteiger partial charge < -0.3 is 0 Å². The van der Waals surface area contributed by atoms with Gasteiger partial charge in [-0.3, -0.25) is 14.0 Å². The highest BCUT2D eigenvalue weighted by Gasteiger charge is 2.11. The molecule has 0 unspecified atom stereocenters. The molecule has 0 fully saturated rings. The summed E-state index contributed by atoms with van der Waals surface area (Å²) in [5.41, 5.74) is 1.01. The van der Waals surface area contributed by atoms with Crippen molar-refractivity contribution in [2.45, 2.75) is 0 Å². The van der Waals surface area contributed by atoms with Crippen molar-refractivity contribution in [3.63, 3.8) is 0 Å². The zero-order chi connectivity index (χ0) is 15.0. The molecule has 104 valence electrons. The van der Waals surface area contributed by atoms with Gasteiger partial charge in [-0.25, -0.2) is 9.37 Å². The second kappa shape index (κ2) is 5.10. The highest BCUT2D eigenvalue weighted by Crippen LogP contribution is 2.20. The molecule has 4 nitrogen and oxygen atoms in total. The second-order valence-corrected chi connectivity index (χ2v) is 4.75. The van der Waals surface area contributed by atoms with E-state index in [2.05, 4.69) is 4.98 Å². The van der Waals surface area contributed by atoms with Crippen LogP contribution in [-0.4, -0.2) is 14.6 Å². The molecule has 0 saturated heterocycles. The van der Waals surface area contributed by atoms with Gasteiger partial charge in [0.25, 0.3) is 10.8 Å². The first kappa shape index (κ1) is 13.5. The van der Waals surface area contributed by atoms with E-state index >= 15 is 0 Å². The van der Waals surface area contributed by atoms with Crippen molar-refractivity contribution >= 4 is 22.5 Å². The fourth-order valence-corrected chi connectivity index (χ4v) is 2.19. The number of hydrogen-bond acceptors (Lipinski definition) is 3. The number of halogens is 2. The van der Waals surface area contributed by atoms with Crippen molar-refractivity contribution in [2.75, 3.05) is 0 Å². The zero-order valence-electron chi connectivity index (χ0n) is 10.6. The molecule has 0 spiro atoms. The largest absolute Gasteiger partial charge is 0.275 e. The minimum absolute atomic E-state index is 0.187. The van der Waals surface area contributed by atoms with E-state index in [1.54, 1.807) is 24.3 Å². The third-order valence-electron chi connectivity index (χ3n) is 3.08. The number of pyridine rings is 1. The quantitative estimate of drug-likeness (QED) is 0.684. The standard InChI is InChI=1S/C15H8ClFN2O2/c16-14(20)12-8-18-13-7-10(4-5-19(13)15(12)21)9-2-1-3-11(17)6-9/h1-8H. The van der Waals surface area contributed by atoms with Crippen molar-refractivity contribution in [2.24, 2.45) is 0 Å². The van der Waals surface area contributed by atoms with Gasteiger partial charge in [0.15, 0.2) is 0 Å². The van der Waals surface area contributed by atoms with E-state index in [1.807, 2.05) is 0 Å². The van der Waals surface area contributed by atoms with Crippen LogP contribution in [0.25, 0.3) is 16.8 Å². The molecule has 0 N–H and O–H groups in total. The van der Waals surface area contributed by atoms with Crippen molar-refractivity contribution in [1.29, 1.82) is 0 Å². The Balaban J connectivity index is 2.20. The third kappa shape index (κ3) is 2.43. The molecule has 0 aliphatic carbocycles. The van der Waals surface area contributed by atoms with E-state index in [9.17, 15) is 14.0 Å². The summed E-state index contributed by atoms with van der Waals surface area (Å²) in [6.45, 7) is 0. The van der Waals surface area contributed by atoms with Gasteiger partial charge in [-0.1, -0.05) is 12.1 Å². The van der Waals surface area contributed by atoms with Gasteiger partial charge in [-0.2, -0.15) is 0 Å². The van der Waals surface area contributed by atoms with Gasteiger partial charge >= 0.3 is 0 Å². The van der Waals surface area contributed by atoms with Gasteiger partial charge in [0.1, 0.15) is 17.0 Å². The molecular formula is C15H8ClFN2O2. The molecular weight excluding hydrogens is 295 g/mol. The van der Waals surface area contributed by atoms with E-state index in [4.69, 9.17) is 11.6 Å². The number of fused-ring (bicyclic) bond motifs is 1. The lowest BCUT2D eigenvalue weighted by molar-refractivity contribution is 0.107. The molecule has 6 heteroatoms. The number of hydrogen-bond donors (Lipinski definition) is 0. The molecule has 3 rings (SSSR count). The van der Waals surface area contributed by atoms with Crippen molar-refractivity contribution < 1.29 is 9.18 Å². The SMILES string of the molecule is O=C(Cl)c1cnc2cc(-c3cccc(F)c3)ccn2c1=O. The van der Waals surface area contributed by atoms with Crippen LogP contribution < -0.4 is 5.56 Å². The first-order valence-electron chi connectivity index (χ1n) is 6.03. The van der Waals surface area contributed by atoms with Crippen molar-refractivity contribution in [3.8, 4) is 11.1 Å². The van der Waals surface area contributed by atoms with Crippen LogP contribution >= 0.6 is 11.6 Å². The summed E-state index contributed by atoms with van der Waals surface area (Å²) in [6.07, 6.45) is 2.62. The van der Waals surface area contributed by atoms with Crippen molar-refractivity contribution in [1.82, 2.24) is 9.38 Å². The topological polar surface area (TPSA) is 51.4 Å². The summed E-state index contributed by atoms with van der Waals surface area (Å²) in [5, 5.41) is -0.851. The molecule has 0 radical (unpaired) electrons. The lowest BCUT2D eigenvalue weighted by Gasteiger charge is -2.05.